The molecule has 0 bridgehead atoms. The lowest BCUT2D eigenvalue weighted by atomic mass is 9.97. The van der Waals surface area contributed by atoms with Gasteiger partial charge in [-0.1, -0.05) is 48.0 Å². The number of carbonyl (C=O) groups excluding carboxylic acids is 2. The maximum Gasteiger partial charge on any atom is 0.234 e. The Bertz CT molecular complexity index is 782. The van der Waals surface area contributed by atoms with Gasteiger partial charge < -0.3 is 10.6 Å². The molecular formula is C21H24ClN3O2. The van der Waals surface area contributed by atoms with Gasteiger partial charge in [-0.25, -0.2) is 0 Å². The number of amides is 2. The van der Waals surface area contributed by atoms with Crippen LogP contribution in [-0.2, 0) is 16.1 Å². The second-order valence-electron chi connectivity index (χ2n) is 6.80. The van der Waals surface area contributed by atoms with Crippen LogP contribution in [0.2, 0.25) is 5.02 Å². The number of nitrogens with zero attached hydrogens (tertiary/aromatic N) is 1. The van der Waals surface area contributed by atoms with Crippen molar-refractivity contribution in [3.63, 3.8) is 0 Å². The van der Waals surface area contributed by atoms with Crippen molar-refractivity contribution in [3.05, 3.63) is 65.2 Å². The molecule has 2 N–H and O–H groups in total. The summed E-state index contributed by atoms with van der Waals surface area (Å²) in [5.74, 6) is -0.142. The van der Waals surface area contributed by atoms with Crippen molar-refractivity contribution in [1.82, 2.24) is 10.2 Å². The van der Waals surface area contributed by atoms with E-state index in [0.717, 1.165) is 30.6 Å². The number of halogens is 1. The number of benzene rings is 2. The highest BCUT2D eigenvalue weighted by atomic mass is 35.5. The molecule has 3 rings (SSSR count). The molecule has 1 aliphatic heterocycles. The predicted molar refractivity (Wildman–Crippen MR) is 108 cm³/mol. The average Bonchev–Trinajstić information content (AvgIpc) is 2.68. The van der Waals surface area contributed by atoms with E-state index in [1.54, 1.807) is 0 Å². The molecule has 27 heavy (non-hydrogen) atoms. The summed E-state index contributed by atoms with van der Waals surface area (Å²) in [6.45, 7) is 2.12. The van der Waals surface area contributed by atoms with E-state index >= 15 is 0 Å². The van der Waals surface area contributed by atoms with Crippen LogP contribution in [0.5, 0.6) is 0 Å². The van der Waals surface area contributed by atoms with Crippen molar-refractivity contribution < 1.29 is 9.59 Å². The van der Waals surface area contributed by atoms with Crippen LogP contribution in [0.3, 0.4) is 0 Å². The number of carbonyl (C=O) groups is 2. The molecule has 2 amide bonds. The third kappa shape index (κ3) is 5.81. The molecule has 6 heteroatoms. The molecule has 1 aliphatic rings. The summed E-state index contributed by atoms with van der Waals surface area (Å²) in [5, 5.41) is 6.51. The van der Waals surface area contributed by atoms with Gasteiger partial charge in [0.25, 0.3) is 0 Å². The minimum atomic E-state index is -0.102. The summed E-state index contributed by atoms with van der Waals surface area (Å²) in [6, 6.07) is 16.9. The summed E-state index contributed by atoms with van der Waals surface area (Å²) in [6.07, 6.45) is 1.75. The SMILES string of the molecule is O=C(CN1CCC[C@@H](C(=O)Nc2ccccc2)C1)NCc1ccccc1Cl. The summed E-state index contributed by atoms with van der Waals surface area (Å²) in [5.41, 5.74) is 1.70. The van der Waals surface area contributed by atoms with Gasteiger partial charge in [0.1, 0.15) is 0 Å². The lowest BCUT2D eigenvalue weighted by Gasteiger charge is -2.31. The van der Waals surface area contributed by atoms with Crippen LogP contribution >= 0.6 is 11.6 Å². The Balaban J connectivity index is 1.47. The molecule has 0 saturated carbocycles. The van der Waals surface area contributed by atoms with Crippen molar-refractivity contribution in [3.8, 4) is 0 Å². The summed E-state index contributed by atoms with van der Waals surface area (Å²) in [4.78, 5) is 26.8. The first-order valence-corrected chi connectivity index (χ1v) is 9.58. The first-order valence-electron chi connectivity index (χ1n) is 9.20. The highest BCUT2D eigenvalue weighted by Crippen LogP contribution is 2.19. The zero-order valence-corrected chi connectivity index (χ0v) is 15.9. The van der Waals surface area contributed by atoms with Crippen LogP contribution in [0.4, 0.5) is 5.69 Å². The third-order valence-electron chi connectivity index (χ3n) is 4.72. The van der Waals surface area contributed by atoms with Crippen LogP contribution in [-0.4, -0.2) is 36.3 Å². The zero-order valence-electron chi connectivity index (χ0n) is 15.2. The fourth-order valence-electron chi connectivity index (χ4n) is 3.27. The lowest BCUT2D eigenvalue weighted by Crippen LogP contribution is -2.45. The normalized spacial score (nSPS) is 17.3. The number of likely N-dealkylation sites (tertiary alicyclic amines) is 1. The van der Waals surface area contributed by atoms with Gasteiger partial charge in [-0.05, 0) is 43.1 Å². The Morgan fingerprint density at radius 3 is 2.59 bits per heavy atom. The number of hydrogen-bond acceptors (Lipinski definition) is 3. The van der Waals surface area contributed by atoms with Crippen LogP contribution in [0, 0.1) is 5.92 Å². The van der Waals surface area contributed by atoms with Crippen LogP contribution in [0.1, 0.15) is 18.4 Å². The second-order valence-corrected chi connectivity index (χ2v) is 7.20. The van der Waals surface area contributed by atoms with Crippen molar-refractivity contribution in [2.75, 3.05) is 25.0 Å². The molecule has 1 heterocycles. The number of piperidine rings is 1. The average molecular weight is 386 g/mol. The van der Waals surface area contributed by atoms with E-state index in [-0.39, 0.29) is 17.7 Å². The summed E-state index contributed by atoms with van der Waals surface area (Å²) in [7, 11) is 0. The van der Waals surface area contributed by atoms with E-state index in [4.69, 9.17) is 11.6 Å². The number of hydrogen-bond donors (Lipinski definition) is 2. The van der Waals surface area contributed by atoms with E-state index in [9.17, 15) is 9.59 Å². The summed E-state index contributed by atoms with van der Waals surface area (Å²) < 4.78 is 0. The minimum absolute atomic E-state index is 0.0161. The Hall–Kier alpha value is -2.37. The Kier molecular flexibility index (Phi) is 6.85. The smallest absolute Gasteiger partial charge is 0.234 e. The molecule has 0 unspecified atom stereocenters. The van der Waals surface area contributed by atoms with Gasteiger partial charge in [0.05, 0.1) is 12.5 Å². The molecule has 142 valence electrons. The van der Waals surface area contributed by atoms with Crippen molar-refractivity contribution in [2.24, 2.45) is 5.92 Å². The van der Waals surface area contributed by atoms with E-state index in [1.807, 2.05) is 59.5 Å². The maximum absolute atomic E-state index is 12.5. The zero-order chi connectivity index (χ0) is 19.1. The molecule has 5 nitrogen and oxygen atoms in total. The standard InChI is InChI=1S/C21H24ClN3O2/c22-19-11-5-4-7-16(19)13-23-20(26)15-25-12-6-8-17(14-25)21(27)24-18-9-2-1-3-10-18/h1-5,7,9-11,17H,6,8,12-15H2,(H,23,26)(H,24,27)/t17-/m1/s1. The number of anilines is 1. The predicted octanol–water partition coefficient (Wildman–Crippen LogP) is 3.31. The van der Waals surface area contributed by atoms with Crippen molar-refractivity contribution >= 4 is 29.1 Å². The summed E-state index contributed by atoms with van der Waals surface area (Å²) >= 11 is 6.11. The van der Waals surface area contributed by atoms with Gasteiger partial charge in [-0.3, -0.25) is 14.5 Å². The molecule has 1 saturated heterocycles. The van der Waals surface area contributed by atoms with E-state index in [0.29, 0.717) is 24.7 Å². The lowest BCUT2D eigenvalue weighted by molar-refractivity contribution is -0.125. The van der Waals surface area contributed by atoms with E-state index < -0.39 is 0 Å². The van der Waals surface area contributed by atoms with Gasteiger partial charge in [-0.2, -0.15) is 0 Å². The Labute approximate surface area is 164 Å². The van der Waals surface area contributed by atoms with Gasteiger partial charge in [0.2, 0.25) is 11.8 Å². The van der Waals surface area contributed by atoms with Gasteiger partial charge in [-0.15, -0.1) is 0 Å². The molecule has 0 aliphatic carbocycles. The number of nitrogens with one attached hydrogen (secondary N) is 2. The topological polar surface area (TPSA) is 61.4 Å². The largest absolute Gasteiger partial charge is 0.351 e. The Morgan fingerprint density at radius 1 is 1.07 bits per heavy atom. The fraction of sp³-hybridized carbons (Fsp3) is 0.333. The molecular weight excluding hydrogens is 362 g/mol. The molecule has 0 spiro atoms. The highest BCUT2D eigenvalue weighted by Gasteiger charge is 2.26. The van der Waals surface area contributed by atoms with Crippen LogP contribution in [0.25, 0.3) is 0 Å². The van der Waals surface area contributed by atoms with Crippen molar-refractivity contribution in [1.29, 1.82) is 0 Å². The molecule has 0 aromatic heterocycles. The van der Waals surface area contributed by atoms with Gasteiger partial charge in [0, 0.05) is 23.8 Å². The van der Waals surface area contributed by atoms with E-state index in [2.05, 4.69) is 10.6 Å². The molecule has 2 aromatic carbocycles. The Morgan fingerprint density at radius 2 is 1.81 bits per heavy atom. The molecule has 0 radical (unpaired) electrons. The minimum Gasteiger partial charge on any atom is -0.351 e. The molecule has 2 aromatic rings. The van der Waals surface area contributed by atoms with Crippen LogP contribution in [0.15, 0.2) is 54.6 Å². The van der Waals surface area contributed by atoms with Crippen LogP contribution < -0.4 is 10.6 Å². The first-order chi connectivity index (χ1) is 13.1. The van der Waals surface area contributed by atoms with Crippen molar-refractivity contribution in [2.45, 2.75) is 19.4 Å². The highest BCUT2D eigenvalue weighted by molar-refractivity contribution is 6.31. The second kappa shape index (κ2) is 9.53. The monoisotopic (exact) mass is 385 g/mol. The quantitative estimate of drug-likeness (QED) is 0.802. The van der Waals surface area contributed by atoms with Gasteiger partial charge in [0.15, 0.2) is 0 Å². The maximum atomic E-state index is 12.5. The number of rotatable bonds is 6. The fourth-order valence-corrected chi connectivity index (χ4v) is 3.48. The van der Waals surface area contributed by atoms with Gasteiger partial charge >= 0.3 is 0 Å². The molecule has 1 fully saturated rings. The van der Waals surface area contributed by atoms with E-state index in [1.165, 1.54) is 0 Å². The first kappa shape index (κ1) is 19.4. The molecule has 1 atom stereocenters. The number of para-hydroxylation sites is 1. The third-order valence-corrected chi connectivity index (χ3v) is 5.09.